The lowest BCUT2D eigenvalue weighted by Crippen LogP contribution is -2.64. The zero-order valence-corrected chi connectivity index (χ0v) is 15.5. The van der Waals surface area contributed by atoms with E-state index in [1.54, 1.807) is 0 Å². The van der Waals surface area contributed by atoms with E-state index < -0.39 is 19.2 Å². The van der Waals surface area contributed by atoms with Crippen molar-refractivity contribution < 1.29 is 4.57 Å². The lowest BCUT2D eigenvalue weighted by Gasteiger charge is -2.25. The number of nitrogens with zero attached hydrogens (tertiary/aromatic N) is 1. The Morgan fingerprint density at radius 1 is 0.885 bits per heavy atom. The van der Waals surface area contributed by atoms with E-state index in [9.17, 15) is 0 Å². The van der Waals surface area contributed by atoms with Crippen molar-refractivity contribution in [3.8, 4) is 11.1 Å². The Hall–Kier alpha value is -0.981. The number of benzene rings is 1. The Bertz CT molecular complexity index is 755. The summed E-state index contributed by atoms with van der Waals surface area (Å²) < 4.78 is 2.19. The molecule has 1 fully saturated rings. The largest absolute Gasteiger partial charge is 0.205 e. The number of aromatic nitrogens is 1. The van der Waals surface area contributed by atoms with Crippen LogP contribution in [0, 0.1) is 0 Å². The molecular formula is C15H16B10N+. The highest BCUT2D eigenvalue weighted by atomic mass is 14.9. The Morgan fingerprint density at radius 2 is 1.54 bits per heavy atom. The molecule has 3 rings (SSSR count). The second kappa shape index (κ2) is 7.95. The minimum Gasteiger partial charge on any atom is -0.205 e. The van der Waals surface area contributed by atoms with Crippen LogP contribution in [0.15, 0.2) is 48.7 Å². The van der Waals surface area contributed by atoms with Crippen molar-refractivity contribution in [2.45, 2.75) is 18.6 Å². The summed E-state index contributed by atoms with van der Waals surface area (Å²) in [6.07, 6.45) is 0.479. The lowest BCUT2D eigenvalue weighted by molar-refractivity contribution is -0.678. The molecule has 1 nitrogen and oxygen atoms in total. The first-order valence-electron chi connectivity index (χ1n) is 9.16. The first-order valence-corrected chi connectivity index (χ1v) is 9.16. The second-order valence-corrected chi connectivity index (χ2v) is 7.59. The molecule has 0 spiro atoms. The van der Waals surface area contributed by atoms with Gasteiger partial charge >= 0.3 is 0 Å². The van der Waals surface area contributed by atoms with Crippen LogP contribution in [0.5, 0.6) is 0 Å². The SMILES string of the molecule is [B]B([B])B([B])B(B([B])[B])B1C(C)C1c1ccc(-c2ccccc2)c[n+]1C. The van der Waals surface area contributed by atoms with Crippen molar-refractivity contribution in [1.82, 2.24) is 0 Å². The van der Waals surface area contributed by atoms with Gasteiger partial charge in [0.15, 0.2) is 11.9 Å². The fourth-order valence-electron chi connectivity index (χ4n) is 4.34. The van der Waals surface area contributed by atoms with Crippen LogP contribution in [0.4, 0.5) is 0 Å². The minimum absolute atomic E-state index is 0.108. The summed E-state index contributed by atoms with van der Waals surface area (Å²) in [6, 6.07) is 14.7. The smallest absolute Gasteiger partial charge is 0.176 e. The van der Waals surface area contributed by atoms with Gasteiger partial charge in [-0.05, 0) is 11.6 Å². The van der Waals surface area contributed by atoms with Crippen molar-refractivity contribution in [2.75, 3.05) is 0 Å². The topological polar surface area (TPSA) is 3.88 Å². The van der Waals surface area contributed by atoms with Crippen LogP contribution in [0.2, 0.25) is 5.82 Å². The van der Waals surface area contributed by atoms with Gasteiger partial charge in [0.1, 0.15) is 13.7 Å². The number of hydrogen-bond acceptors (Lipinski definition) is 0. The van der Waals surface area contributed by atoms with Gasteiger partial charge in [-0.2, -0.15) is 0 Å². The number of rotatable bonds is 6. The predicted octanol–water partition coefficient (Wildman–Crippen LogP) is -0.682. The Morgan fingerprint density at radius 3 is 2.08 bits per heavy atom. The van der Waals surface area contributed by atoms with E-state index in [0.717, 1.165) is 0 Å². The molecule has 2 atom stereocenters. The molecule has 2 aromatic rings. The fourth-order valence-corrected chi connectivity index (χ4v) is 4.34. The number of hydrogen-bond donors (Lipinski definition) is 0. The van der Waals surface area contributed by atoms with Crippen molar-refractivity contribution in [2.24, 2.45) is 7.05 Å². The summed E-state index contributed by atoms with van der Waals surface area (Å²) >= 11 is 0. The number of pyridine rings is 1. The fraction of sp³-hybridized carbons (Fsp3) is 0.267. The molecule has 10 radical (unpaired) electrons. The maximum atomic E-state index is 6.23. The van der Waals surface area contributed by atoms with Crippen LogP contribution < -0.4 is 4.57 Å². The molecular weight excluding hydrogens is 302 g/mol. The lowest BCUT2D eigenvalue weighted by atomic mass is 8.57. The first kappa shape index (κ1) is 19.8. The van der Waals surface area contributed by atoms with Gasteiger partial charge in [-0.25, -0.2) is 4.57 Å². The zero-order valence-electron chi connectivity index (χ0n) is 15.5. The third kappa shape index (κ3) is 3.82. The Balaban J connectivity index is 1.86. The highest BCUT2D eigenvalue weighted by Gasteiger charge is 2.59. The quantitative estimate of drug-likeness (QED) is 0.491. The van der Waals surface area contributed by atoms with Crippen molar-refractivity contribution >= 4 is 70.8 Å². The van der Waals surface area contributed by atoms with Gasteiger partial charge in [0.25, 0.3) is 0 Å². The average Bonchev–Trinajstić information content (AvgIpc) is 3.25. The first-order chi connectivity index (χ1) is 12.3. The second-order valence-electron chi connectivity index (χ2n) is 7.59. The van der Waals surface area contributed by atoms with E-state index in [-0.39, 0.29) is 13.0 Å². The van der Waals surface area contributed by atoms with Crippen LogP contribution >= 0.6 is 0 Å². The van der Waals surface area contributed by atoms with Gasteiger partial charge in [0.2, 0.25) is 0 Å². The standard InChI is InChI=1S/C15H16B10N/c1-11-15(21(11)25(23(18)19)24(20)22(16)17)14-9-8-13(10-26(14)2)12-6-4-3-5-7-12/h3-11,15H,1-2H3/q+1. The van der Waals surface area contributed by atoms with Gasteiger partial charge in [0, 0.05) is 81.7 Å². The van der Waals surface area contributed by atoms with Crippen LogP contribution in [0.25, 0.3) is 11.1 Å². The Labute approximate surface area is 166 Å². The molecule has 110 valence electrons. The molecule has 2 heterocycles. The molecule has 0 bridgehead atoms. The highest BCUT2D eigenvalue weighted by Crippen LogP contribution is 2.51. The molecule has 2 unspecified atom stereocenters. The maximum absolute atomic E-state index is 6.23. The Kier molecular flexibility index (Phi) is 6.04. The molecule has 0 amide bonds. The zero-order chi connectivity index (χ0) is 19.0. The maximum Gasteiger partial charge on any atom is 0.176 e. The van der Waals surface area contributed by atoms with Crippen LogP contribution in [0.1, 0.15) is 18.4 Å². The molecule has 1 aliphatic heterocycles. The monoisotopic (exact) mass is 320 g/mol. The predicted molar refractivity (Wildman–Crippen MR) is 123 cm³/mol. The molecule has 1 aromatic heterocycles. The summed E-state index contributed by atoms with van der Waals surface area (Å²) in [7, 11) is 32.0. The van der Waals surface area contributed by atoms with E-state index in [1.807, 2.05) is 18.2 Å². The van der Waals surface area contributed by atoms with Crippen LogP contribution in [-0.2, 0) is 7.05 Å². The van der Waals surface area contributed by atoms with Crippen LogP contribution in [-0.4, -0.2) is 70.8 Å². The van der Waals surface area contributed by atoms with Crippen LogP contribution in [0.3, 0.4) is 0 Å². The molecule has 0 N–H and O–H groups in total. The summed E-state index contributed by atoms with van der Waals surface area (Å²) in [5, 5.41) is 0. The molecule has 1 aliphatic rings. The highest BCUT2D eigenvalue weighted by molar-refractivity contribution is 8.01. The molecule has 1 saturated heterocycles. The average molecular weight is 318 g/mol. The summed E-state index contributed by atoms with van der Waals surface area (Å²) in [4.78, 5) is 0. The van der Waals surface area contributed by atoms with Gasteiger partial charge in [0.05, 0.1) is 0 Å². The summed E-state index contributed by atoms with van der Waals surface area (Å²) in [5.74, 6) is 0.794. The third-order valence-corrected chi connectivity index (χ3v) is 5.85. The van der Waals surface area contributed by atoms with E-state index in [0.29, 0.717) is 11.6 Å². The van der Waals surface area contributed by atoms with E-state index >= 15 is 0 Å². The molecule has 0 aliphatic carbocycles. The molecule has 11 heteroatoms. The van der Waals surface area contributed by atoms with E-state index in [4.69, 9.17) is 38.7 Å². The van der Waals surface area contributed by atoms with Gasteiger partial charge in [-0.1, -0.05) is 43.1 Å². The minimum atomic E-state index is -0.628. The van der Waals surface area contributed by atoms with Crippen molar-refractivity contribution in [1.29, 1.82) is 0 Å². The van der Waals surface area contributed by atoms with Gasteiger partial charge in [-0.15, -0.1) is 0 Å². The van der Waals surface area contributed by atoms with Crippen molar-refractivity contribution in [3.05, 3.63) is 54.4 Å². The molecule has 0 saturated carbocycles. The van der Waals surface area contributed by atoms with E-state index in [2.05, 4.69) is 49.0 Å². The normalized spacial score (nSPS) is 18.3. The van der Waals surface area contributed by atoms with Gasteiger partial charge in [-0.3, -0.25) is 0 Å². The molecule has 1 aromatic carbocycles. The van der Waals surface area contributed by atoms with Crippen molar-refractivity contribution in [3.63, 3.8) is 0 Å². The summed E-state index contributed by atoms with van der Waals surface area (Å²) in [6.45, 7) is 2.50. The summed E-state index contributed by atoms with van der Waals surface area (Å²) in [5.41, 5.74) is 3.65. The third-order valence-electron chi connectivity index (χ3n) is 5.85. The van der Waals surface area contributed by atoms with Gasteiger partial charge < -0.3 is 0 Å². The number of aryl methyl sites for hydroxylation is 1. The van der Waals surface area contributed by atoms with E-state index in [1.165, 1.54) is 16.8 Å². The molecule has 26 heavy (non-hydrogen) atoms.